The van der Waals surface area contributed by atoms with Crippen LogP contribution in [0, 0.1) is 22.7 Å². The summed E-state index contributed by atoms with van der Waals surface area (Å²) in [4.78, 5) is 41.4. The van der Waals surface area contributed by atoms with Gasteiger partial charge < -0.3 is 25.0 Å². The van der Waals surface area contributed by atoms with Gasteiger partial charge in [0, 0.05) is 30.6 Å². The van der Waals surface area contributed by atoms with Crippen molar-refractivity contribution in [2.75, 3.05) is 18.6 Å². The summed E-state index contributed by atoms with van der Waals surface area (Å²) >= 11 is 1.44. The topological polar surface area (TPSA) is 124 Å². The van der Waals surface area contributed by atoms with E-state index in [0.717, 1.165) is 19.3 Å². The average molecular weight is 548 g/mol. The monoisotopic (exact) mass is 547 g/mol. The van der Waals surface area contributed by atoms with E-state index in [1.807, 2.05) is 6.26 Å². The molecule has 3 N–H and O–H groups in total. The van der Waals surface area contributed by atoms with Gasteiger partial charge in [0.15, 0.2) is 17.3 Å². The van der Waals surface area contributed by atoms with Gasteiger partial charge in [0.2, 0.25) is 5.91 Å². The molecule has 3 aliphatic rings. The average Bonchev–Trinajstić information content (AvgIpc) is 3.49. The highest BCUT2D eigenvalue weighted by molar-refractivity contribution is 7.98. The van der Waals surface area contributed by atoms with E-state index in [1.54, 1.807) is 4.90 Å². The Hall–Kier alpha value is -2.26. The van der Waals surface area contributed by atoms with E-state index in [4.69, 9.17) is 4.74 Å². The maximum atomic E-state index is 13.6. The fourth-order valence-electron chi connectivity index (χ4n) is 6.87. The van der Waals surface area contributed by atoms with Gasteiger partial charge in [0.25, 0.3) is 0 Å². The van der Waals surface area contributed by atoms with Crippen LogP contribution in [-0.2, 0) is 25.5 Å². The van der Waals surface area contributed by atoms with E-state index >= 15 is 0 Å². The second kappa shape index (κ2) is 11.1. The molecule has 1 aromatic carbocycles. The molecular formula is C29H41NO7S. The van der Waals surface area contributed by atoms with Crippen LogP contribution in [0.25, 0.3) is 0 Å². The van der Waals surface area contributed by atoms with E-state index in [1.165, 1.54) is 30.0 Å². The molecule has 4 rings (SSSR count). The second-order valence-corrected chi connectivity index (χ2v) is 13.0. The number of rotatable bonds is 10. The van der Waals surface area contributed by atoms with E-state index < -0.39 is 23.8 Å². The normalized spacial score (nSPS) is 29.3. The third kappa shape index (κ3) is 5.28. The standard InChI is InChI=1S/C29H41NO7S/c1-28(2)19-9-10-29(28,3)25(15-19)37-27(36)20-6-5-11-30(20)26(35)18(16-38-4)14-24(34)23(33)13-17-7-8-21(31)22(32)12-17/h7-8,12,18-20,23,25,31-33H,5-6,9-11,13-16H2,1-4H3/t18-,19?,20-,23+,25?,29?/m0/s1. The van der Waals surface area contributed by atoms with Gasteiger partial charge in [-0.2, -0.15) is 11.8 Å². The zero-order valence-corrected chi connectivity index (χ0v) is 23.6. The van der Waals surface area contributed by atoms with Crippen LogP contribution in [0.3, 0.4) is 0 Å². The molecule has 0 aromatic heterocycles. The van der Waals surface area contributed by atoms with Crippen molar-refractivity contribution in [2.24, 2.45) is 22.7 Å². The maximum Gasteiger partial charge on any atom is 0.329 e. The first-order valence-corrected chi connectivity index (χ1v) is 15.0. The van der Waals surface area contributed by atoms with E-state index in [-0.39, 0.29) is 53.2 Å². The van der Waals surface area contributed by atoms with Gasteiger partial charge >= 0.3 is 5.97 Å². The summed E-state index contributed by atoms with van der Waals surface area (Å²) in [5.41, 5.74) is 0.555. The molecule has 3 unspecified atom stereocenters. The Bertz CT molecular complexity index is 1080. The number of phenolic OH excluding ortho intramolecular Hbond substituents is 2. The Kier molecular flexibility index (Phi) is 8.38. The number of aromatic hydroxyl groups is 2. The second-order valence-electron chi connectivity index (χ2n) is 12.1. The number of carbonyl (C=O) groups excluding carboxylic acids is 3. The quantitative estimate of drug-likeness (QED) is 0.299. The van der Waals surface area contributed by atoms with E-state index in [0.29, 0.717) is 36.6 Å². The molecule has 6 atom stereocenters. The maximum absolute atomic E-state index is 13.6. The lowest BCUT2D eigenvalue weighted by atomic mass is 9.70. The molecule has 1 aromatic rings. The predicted molar refractivity (Wildman–Crippen MR) is 145 cm³/mol. The first-order chi connectivity index (χ1) is 17.9. The zero-order valence-electron chi connectivity index (χ0n) is 22.8. The van der Waals surface area contributed by atoms with Crippen molar-refractivity contribution in [2.45, 2.75) is 84.0 Å². The summed E-state index contributed by atoms with van der Waals surface area (Å²) in [6, 6.07) is 3.48. The van der Waals surface area contributed by atoms with Crippen LogP contribution >= 0.6 is 11.8 Å². The number of benzene rings is 1. The number of likely N-dealkylation sites (tertiary alicyclic amines) is 1. The highest BCUT2D eigenvalue weighted by Crippen LogP contribution is 2.66. The summed E-state index contributed by atoms with van der Waals surface area (Å²) < 4.78 is 6.11. The van der Waals surface area contributed by atoms with Gasteiger partial charge in [0.1, 0.15) is 18.2 Å². The third-order valence-corrected chi connectivity index (χ3v) is 10.5. The number of nitrogens with zero attached hydrogens (tertiary/aromatic N) is 1. The van der Waals surface area contributed by atoms with E-state index in [2.05, 4.69) is 20.8 Å². The molecule has 2 saturated carbocycles. The predicted octanol–water partition coefficient (Wildman–Crippen LogP) is 3.69. The van der Waals surface area contributed by atoms with Crippen LogP contribution in [0.2, 0.25) is 0 Å². The molecule has 1 heterocycles. The molecule has 8 nitrogen and oxygen atoms in total. The van der Waals surface area contributed by atoms with Crippen molar-refractivity contribution >= 4 is 29.4 Å². The smallest absolute Gasteiger partial charge is 0.329 e. The summed E-state index contributed by atoms with van der Waals surface area (Å²) in [7, 11) is 0. The fraction of sp³-hybridized carbons (Fsp3) is 0.690. The Morgan fingerprint density at radius 2 is 1.89 bits per heavy atom. The molecule has 2 bridgehead atoms. The van der Waals surface area contributed by atoms with Crippen molar-refractivity contribution in [3.8, 4) is 11.5 Å². The van der Waals surface area contributed by atoms with Crippen molar-refractivity contribution < 1.29 is 34.4 Å². The highest BCUT2D eigenvalue weighted by atomic mass is 32.2. The number of ether oxygens (including phenoxy) is 1. The summed E-state index contributed by atoms with van der Waals surface area (Å²) in [6.07, 6.45) is 4.52. The third-order valence-electron chi connectivity index (χ3n) is 9.79. The number of ketones is 1. The lowest BCUT2D eigenvalue weighted by Crippen LogP contribution is -2.47. The Labute approximate surface area is 229 Å². The van der Waals surface area contributed by atoms with Crippen LogP contribution < -0.4 is 0 Å². The largest absolute Gasteiger partial charge is 0.504 e. The number of carbonyl (C=O) groups is 3. The molecule has 3 fully saturated rings. The summed E-state index contributed by atoms with van der Waals surface area (Å²) in [5, 5.41) is 29.7. The molecular weight excluding hydrogens is 506 g/mol. The Balaban J connectivity index is 1.39. The lowest BCUT2D eigenvalue weighted by Gasteiger charge is -2.39. The summed E-state index contributed by atoms with van der Waals surface area (Å²) in [6.45, 7) is 7.21. The Morgan fingerprint density at radius 1 is 1.16 bits per heavy atom. The first kappa shape index (κ1) is 28.7. The van der Waals surface area contributed by atoms with Crippen LogP contribution in [0.15, 0.2) is 18.2 Å². The fourth-order valence-corrected chi connectivity index (χ4v) is 7.53. The number of Topliss-reactive ketones (excluding diaryl/α,β-unsaturated/α-hetero) is 1. The molecule has 2 aliphatic carbocycles. The minimum atomic E-state index is -1.35. The molecule has 1 amide bonds. The van der Waals surface area contributed by atoms with Crippen molar-refractivity contribution in [1.82, 2.24) is 4.90 Å². The lowest BCUT2D eigenvalue weighted by molar-refractivity contribution is -0.165. The molecule has 0 radical (unpaired) electrons. The van der Waals surface area contributed by atoms with Gasteiger partial charge in [0.05, 0.1) is 5.92 Å². The highest BCUT2D eigenvalue weighted by Gasteiger charge is 2.63. The number of aliphatic hydroxyl groups excluding tert-OH is 1. The number of aliphatic hydroxyl groups is 1. The summed E-state index contributed by atoms with van der Waals surface area (Å²) in [5.74, 6) is -1.39. The molecule has 9 heteroatoms. The molecule has 1 aliphatic heterocycles. The van der Waals surface area contributed by atoms with Crippen LogP contribution in [0.4, 0.5) is 0 Å². The number of fused-ring (bicyclic) bond motifs is 2. The Morgan fingerprint density at radius 3 is 2.50 bits per heavy atom. The molecule has 38 heavy (non-hydrogen) atoms. The van der Waals surface area contributed by atoms with Crippen LogP contribution in [0.5, 0.6) is 11.5 Å². The number of esters is 1. The minimum Gasteiger partial charge on any atom is -0.504 e. The minimum absolute atomic E-state index is 0.0387. The van der Waals surface area contributed by atoms with E-state index in [9.17, 15) is 29.7 Å². The van der Waals surface area contributed by atoms with Crippen molar-refractivity contribution in [1.29, 1.82) is 0 Å². The van der Waals surface area contributed by atoms with Gasteiger partial charge in [-0.3, -0.25) is 9.59 Å². The van der Waals surface area contributed by atoms with Crippen LogP contribution in [0.1, 0.15) is 64.9 Å². The molecule has 210 valence electrons. The van der Waals surface area contributed by atoms with Gasteiger partial charge in [-0.25, -0.2) is 4.79 Å². The van der Waals surface area contributed by atoms with Crippen molar-refractivity contribution in [3.05, 3.63) is 23.8 Å². The van der Waals surface area contributed by atoms with Crippen molar-refractivity contribution in [3.63, 3.8) is 0 Å². The van der Waals surface area contributed by atoms with Gasteiger partial charge in [-0.05, 0) is 67.4 Å². The zero-order chi connectivity index (χ0) is 27.8. The van der Waals surface area contributed by atoms with Crippen LogP contribution in [-0.4, -0.2) is 74.7 Å². The number of phenols is 2. The van der Waals surface area contributed by atoms with Gasteiger partial charge in [-0.15, -0.1) is 0 Å². The SMILES string of the molecule is CSC[C@H](CC(=O)[C@H](O)Cc1ccc(O)c(O)c1)C(=O)N1CCC[C@H]1C(=O)OC1CC2CCC1(C)C2(C)C. The number of hydrogen-bond acceptors (Lipinski definition) is 8. The number of amides is 1. The number of thioether (sulfide) groups is 1. The molecule has 0 spiro atoms. The number of hydrogen-bond donors (Lipinski definition) is 3. The molecule has 1 saturated heterocycles. The van der Waals surface area contributed by atoms with Gasteiger partial charge in [-0.1, -0.05) is 26.8 Å². The first-order valence-electron chi connectivity index (χ1n) is 13.6.